The number of nitrogens with zero attached hydrogens (tertiary/aromatic N) is 2. The van der Waals surface area contributed by atoms with Crippen molar-refractivity contribution in [3.63, 3.8) is 0 Å². The van der Waals surface area contributed by atoms with Crippen molar-refractivity contribution in [3.8, 4) is 0 Å². The van der Waals surface area contributed by atoms with Gasteiger partial charge in [-0.3, -0.25) is 9.88 Å². The molecule has 25 heavy (non-hydrogen) atoms. The second-order valence-corrected chi connectivity index (χ2v) is 7.31. The molecular weight excluding hydrogens is 312 g/mol. The molecule has 1 aromatic heterocycles. The third-order valence-corrected chi connectivity index (χ3v) is 5.53. The van der Waals surface area contributed by atoms with Gasteiger partial charge in [-0.2, -0.15) is 0 Å². The maximum Gasteiger partial charge on any atom is 0.0985 e. The lowest BCUT2D eigenvalue weighted by Crippen LogP contribution is -2.64. The van der Waals surface area contributed by atoms with Crippen LogP contribution in [0.4, 0.5) is 0 Å². The molecule has 0 unspecified atom stereocenters. The van der Waals surface area contributed by atoms with Crippen LogP contribution < -0.4 is 0 Å². The molecule has 0 radical (unpaired) electrons. The van der Waals surface area contributed by atoms with Gasteiger partial charge in [0.1, 0.15) is 0 Å². The summed E-state index contributed by atoms with van der Waals surface area (Å²) in [7, 11) is 0. The fourth-order valence-electron chi connectivity index (χ4n) is 4.01. The Morgan fingerprint density at radius 3 is 2.84 bits per heavy atom. The Balaban J connectivity index is 1.28. The SMILES string of the molecule is Cc1ccccc1CN1CC2(C1)OCC[C@@H]2COCc1ccccn1. The monoisotopic (exact) mass is 338 g/mol. The molecule has 0 bridgehead atoms. The van der Waals surface area contributed by atoms with Crippen LogP contribution in [0.3, 0.4) is 0 Å². The van der Waals surface area contributed by atoms with Crippen molar-refractivity contribution >= 4 is 0 Å². The van der Waals surface area contributed by atoms with E-state index in [1.165, 1.54) is 11.1 Å². The second-order valence-electron chi connectivity index (χ2n) is 7.31. The fourth-order valence-corrected chi connectivity index (χ4v) is 4.01. The van der Waals surface area contributed by atoms with Gasteiger partial charge in [-0.15, -0.1) is 0 Å². The van der Waals surface area contributed by atoms with E-state index in [2.05, 4.69) is 41.1 Å². The van der Waals surface area contributed by atoms with Gasteiger partial charge < -0.3 is 9.47 Å². The number of pyridine rings is 1. The van der Waals surface area contributed by atoms with Gasteiger partial charge >= 0.3 is 0 Å². The highest BCUT2D eigenvalue weighted by atomic mass is 16.5. The van der Waals surface area contributed by atoms with Crippen LogP contribution >= 0.6 is 0 Å². The number of hydrogen-bond acceptors (Lipinski definition) is 4. The van der Waals surface area contributed by atoms with E-state index >= 15 is 0 Å². The van der Waals surface area contributed by atoms with Gasteiger partial charge in [-0.1, -0.05) is 30.3 Å². The summed E-state index contributed by atoms with van der Waals surface area (Å²) in [6, 6.07) is 14.6. The number of aryl methyl sites for hydroxylation is 1. The number of benzene rings is 1. The molecule has 2 fully saturated rings. The molecule has 0 amide bonds. The maximum atomic E-state index is 6.15. The zero-order valence-corrected chi connectivity index (χ0v) is 14.9. The summed E-state index contributed by atoms with van der Waals surface area (Å²) in [4.78, 5) is 6.80. The van der Waals surface area contributed by atoms with E-state index in [9.17, 15) is 0 Å². The summed E-state index contributed by atoms with van der Waals surface area (Å²) in [5.74, 6) is 0.490. The van der Waals surface area contributed by atoms with Crippen molar-refractivity contribution in [1.82, 2.24) is 9.88 Å². The average molecular weight is 338 g/mol. The Morgan fingerprint density at radius 2 is 2.04 bits per heavy atom. The third kappa shape index (κ3) is 3.61. The average Bonchev–Trinajstić information content (AvgIpc) is 3.01. The first-order chi connectivity index (χ1) is 12.3. The molecule has 2 saturated heterocycles. The van der Waals surface area contributed by atoms with E-state index < -0.39 is 0 Å². The van der Waals surface area contributed by atoms with Crippen LogP contribution in [-0.2, 0) is 22.6 Å². The minimum Gasteiger partial charge on any atom is -0.375 e. The van der Waals surface area contributed by atoms with E-state index in [0.29, 0.717) is 12.5 Å². The highest BCUT2D eigenvalue weighted by Gasteiger charge is 2.52. The quantitative estimate of drug-likeness (QED) is 0.810. The van der Waals surface area contributed by atoms with Crippen molar-refractivity contribution in [2.75, 3.05) is 26.3 Å². The van der Waals surface area contributed by atoms with Gasteiger partial charge in [0.05, 0.1) is 24.5 Å². The van der Waals surface area contributed by atoms with E-state index in [4.69, 9.17) is 9.47 Å². The summed E-state index contributed by atoms with van der Waals surface area (Å²) >= 11 is 0. The molecular formula is C21H26N2O2. The van der Waals surface area contributed by atoms with E-state index in [-0.39, 0.29) is 5.60 Å². The molecule has 2 aromatic rings. The highest BCUT2D eigenvalue weighted by molar-refractivity contribution is 5.26. The molecule has 0 N–H and O–H groups in total. The maximum absolute atomic E-state index is 6.15. The molecule has 0 aliphatic carbocycles. The van der Waals surface area contributed by atoms with Crippen LogP contribution in [0, 0.1) is 12.8 Å². The summed E-state index contributed by atoms with van der Waals surface area (Å²) in [5.41, 5.74) is 3.78. The first kappa shape index (κ1) is 16.7. The first-order valence-corrected chi connectivity index (χ1v) is 9.14. The topological polar surface area (TPSA) is 34.6 Å². The minimum atomic E-state index is 0.00675. The lowest BCUT2D eigenvalue weighted by atomic mass is 9.81. The Hall–Kier alpha value is -1.75. The standard InChI is InChI=1S/C21H26N2O2/c1-17-6-2-3-7-18(17)12-23-15-21(16-23)19(9-11-25-21)13-24-14-20-8-4-5-10-22-20/h2-8,10,19H,9,11-16H2,1H3/t19-/m1/s1. The normalized spacial score (nSPS) is 22.2. The Kier molecular flexibility index (Phi) is 4.84. The first-order valence-electron chi connectivity index (χ1n) is 9.14. The van der Waals surface area contributed by atoms with Crippen molar-refractivity contribution in [1.29, 1.82) is 0 Å². The molecule has 132 valence electrons. The Morgan fingerprint density at radius 1 is 1.20 bits per heavy atom. The number of hydrogen-bond donors (Lipinski definition) is 0. The molecule has 2 aliphatic heterocycles. The second kappa shape index (κ2) is 7.24. The Bertz CT molecular complexity index is 698. The van der Waals surface area contributed by atoms with Crippen LogP contribution in [-0.4, -0.2) is 41.8 Å². The smallest absolute Gasteiger partial charge is 0.0985 e. The lowest BCUT2D eigenvalue weighted by molar-refractivity contribution is -0.146. The summed E-state index contributed by atoms with van der Waals surface area (Å²) in [6.07, 6.45) is 2.91. The molecule has 1 spiro atoms. The predicted molar refractivity (Wildman–Crippen MR) is 97.1 cm³/mol. The van der Waals surface area contributed by atoms with Gasteiger partial charge in [-0.05, 0) is 36.6 Å². The van der Waals surface area contributed by atoms with Crippen molar-refractivity contribution < 1.29 is 9.47 Å². The minimum absolute atomic E-state index is 0.00675. The van der Waals surface area contributed by atoms with Crippen LogP contribution in [0.15, 0.2) is 48.7 Å². The van der Waals surface area contributed by atoms with Crippen LogP contribution in [0.1, 0.15) is 23.2 Å². The van der Waals surface area contributed by atoms with Gasteiger partial charge in [0.15, 0.2) is 0 Å². The van der Waals surface area contributed by atoms with Crippen LogP contribution in [0.25, 0.3) is 0 Å². The molecule has 1 atom stereocenters. The number of likely N-dealkylation sites (tertiary alicyclic amines) is 1. The number of rotatable bonds is 6. The predicted octanol–water partition coefficient (Wildman–Crippen LogP) is 3.20. The molecule has 2 aliphatic rings. The molecule has 0 saturated carbocycles. The third-order valence-electron chi connectivity index (χ3n) is 5.53. The molecule has 4 heteroatoms. The highest BCUT2D eigenvalue weighted by Crippen LogP contribution is 2.40. The Labute approximate surface area is 149 Å². The molecule has 4 nitrogen and oxygen atoms in total. The zero-order chi connectivity index (χ0) is 17.1. The largest absolute Gasteiger partial charge is 0.375 e. The van der Waals surface area contributed by atoms with E-state index in [0.717, 1.165) is 45.0 Å². The van der Waals surface area contributed by atoms with Crippen molar-refractivity contribution in [2.45, 2.75) is 32.1 Å². The van der Waals surface area contributed by atoms with Crippen molar-refractivity contribution in [2.24, 2.45) is 5.92 Å². The van der Waals surface area contributed by atoms with Gasteiger partial charge in [-0.25, -0.2) is 0 Å². The fraction of sp³-hybridized carbons (Fsp3) is 0.476. The van der Waals surface area contributed by atoms with Crippen LogP contribution in [0.2, 0.25) is 0 Å². The van der Waals surface area contributed by atoms with Gasteiger partial charge in [0, 0.05) is 38.4 Å². The molecule has 4 rings (SSSR count). The summed E-state index contributed by atoms with van der Waals surface area (Å²) in [6.45, 7) is 7.42. The van der Waals surface area contributed by atoms with E-state index in [1.807, 2.05) is 24.4 Å². The van der Waals surface area contributed by atoms with E-state index in [1.54, 1.807) is 0 Å². The number of ether oxygens (including phenoxy) is 2. The van der Waals surface area contributed by atoms with Gasteiger partial charge in [0.2, 0.25) is 0 Å². The molecule has 1 aromatic carbocycles. The van der Waals surface area contributed by atoms with Crippen molar-refractivity contribution in [3.05, 3.63) is 65.5 Å². The van der Waals surface area contributed by atoms with Crippen LogP contribution in [0.5, 0.6) is 0 Å². The zero-order valence-electron chi connectivity index (χ0n) is 14.9. The summed E-state index contributed by atoms with van der Waals surface area (Å²) < 4.78 is 12.1. The summed E-state index contributed by atoms with van der Waals surface area (Å²) in [5, 5.41) is 0. The molecule has 3 heterocycles. The van der Waals surface area contributed by atoms with Gasteiger partial charge in [0.25, 0.3) is 0 Å². The number of aromatic nitrogens is 1. The lowest BCUT2D eigenvalue weighted by Gasteiger charge is -2.50.